The third kappa shape index (κ3) is 3.35. The van der Waals surface area contributed by atoms with Gasteiger partial charge in [0.2, 0.25) is 0 Å². The molecule has 5 nitrogen and oxygen atoms in total. The van der Waals surface area contributed by atoms with Gasteiger partial charge in [-0.05, 0) is 11.1 Å². The van der Waals surface area contributed by atoms with Gasteiger partial charge in [-0.3, -0.25) is 4.79 Å². The van der Waals surface area contributed by atoms with Gasteiger partial charge >= 0.3 is 0 Å². The highest BCUT2D eigenvalue weighted by Gasteiger charge is 2.12. The summed E-state index contributed by atoms with van der Waals surface area (Å²) in [5.41, 5.74) is 8.17. The van der Waals surface area contributed by atoms with Crippen molar-refractivity contribution in [3.05, 3.63) is 59.7 Å². The van der Waals surface area contributed by atoms with Crippen molar-refractivity contribution >= 4 is 5.91 Å². The van der Waals surface area contributed by atoms with Gasteiger partial charge in [0.15, 0.2) is 0 Å². The fourth-order valence-corrected chi connectivity index (χ4v) is 1.76. The summed E-state index contributed by atoms with van der Waals surface area (Å²) in [4.78, 5) is 21.4. The first kappa shape index (κ1) is 13.2. The Bertz CT molecular complexity index is 539. The van der Waals surface area contributed by atoms with Crippen LogP contribution in [0.3, 0.4) is 0 Å². The first-order valence-electron chi connectivity index (χ1n) is 5.99. The fourth-order valence-electron chi connectivity index (χ4n) is 1.76. The molecule has 0 unspecified atom stereocenters. The van der Waals surface area contributed by atoms with Crippen molar-refractivity contribution in [2.75, 3.05) is 7.05 Å². The number of carbonyl (C=O) groups is 1. The molecule has 98 valence electrons. The molecule has 2 aromatic rings. The standard InChI is InChI=1S/C14H16N4O/c1-18(14(19)13-7-16-10-17-8-13)9-12-4-2-11(6-15)3-5-12/h2-5,7-8,10H,6,9,15H2,1H3. The molecule has 0 radical (unpaired) electrons. The first-order valence-corrected chi connectivity index (χ1v) is 5.99. The summed E-state index contributed by atoms with van der Waals surface area (Å²) in [6.07, 6.45) is 4.44. The molecule has 0 aliphatic heterocycles. The van der Waals surface area contributed by atoms with Crippen molar-refractivity contribution < 1.29 is 4.79 Å². The zero-order chi connectivity index (χ0) is 13.7. The van der Waals surface area contributed by atoms with E-state index in [9.17, 15) is 4.79 Å². The van der Waals surface area contributed by atoms with Crippen molar-refractivity contribution in [2.24, 2.45) is 5.73 Å². The van der Waals surface area contributed by atoms with Gasteiger partial charge < -0.3 is 10.6 Å². The highest BCUT2D eigenvalue weighted by atomic mass is 16.2. The smallest absolute Gasteiger partial charge is 0.257 e. The summed E-state index contributed by atoms with van der Waals surface area (Å²) in [6.45, 7) is 1.06. The van der Waals surface area contributed by atoms with E-state index in [0.29, 0.717) is 18.7 Å². The number of rotatable bonds is 4. The number of nitrogens with zero attached hydrogens (tertiary/aromatic N) is 3. The van der Waals surface area contributed by atoms with Gasteiger partial charge in [-0.2, -0.15) is 0 Å². The average Bonchev–Trinajstić information content (AvgIpc) is 2.48. The fraction of sp³-hybridized carbons (Fsp3) is 0.214. The molecule has 0 saturated carbocycles. The second kappa shape index (κ2) is 6.06. The van der Waals surface area contributed by atoms with E-state index in [1.54, 1.807) is 11.9 Å². The van der Waals surface area contributed by atoms with Gasteiger partial charge in [0.1, 0.15) is 6.33 Å². The van der Waals surface area contributed by atoms with Crippen LogP contribution < -0.4 is 5.73 Å². The maximum absolute atomic E-state index is 12.1. The molecule has 2 rings (SSSR count). The Morgan fingerprint density at radius 3 is 2.32 bits per heavy atom. The zero-order valence-electron chi connectivity index (χ0n) is 10.8. The van der Waals surface area contributed by atoms with Crippen molar-refractivity contribution in [3.8, 4) is 0 Å². The van der Waals surface area contributed by atoms with Gasteiger partial charge in [0.05, 0.1) is 5.56 Å². The summed E-state index contributed by atoms with van der Waals surface area (Å²) in [6, 6.07) is 7.90. The van der Waals surface area contributed by atoms with Gasteiger partial charge in [-0.1, -0.05) is 24.3 Å². The van der Waals surface area contributed by atoms with E-state index in [0.717, 1.165) is 11.1 Å². The molecule has 5 heteroatoms. The second-order valence-corrected chi connectivity index (χ2v) is 4.31. The lowest BCUT2D eigenvalue weighted by Crippen LogP contribution is -2.26. The Labute approximate surface area is 112 Å². The molecule has 0 aliphatic rings. The van der Waals surface area contributed by atoms with Gasteiger partial charge in [0, 0.05) is 32.5 Å². The molecular weight excluding hydrogens is 240 g/mol. The van der Waals surface area contributed by atoms with Crippen LogP contribution in [0.25, 0.3) is 0 Å². The monoisotopic (exact) mass is 256 g/mol. The molecule has 0 saturated heterocycles. The van der Waals surface area contributed by atoms with E-state index < -0.39 is 0 Å². The Hall–Kier alpha value is -2.27. The topological polar surface area (TPSA) is 72.1 Å². The van der Waals surface area contributed by atoms with Crippen LogP contribution in [0, 0.1) is 0 Å². The molecule has 0 atom stereocenters. The molecule has 0 fully saturated rings. The number of nitrogens with two attached hydrogens (primary N) is 1. The minimum absolute atomic E-state index is 0.0940. The maximum atomic E-state index is 12.1. The third-order valence-electron chi connectivity index (χ3n) is 2.83. The van der Waals surface area contributed by atoms with Crippen LogP contribution in [-0.4, -0.2) is 27.8 Å². The molecule has 0 bridgehead atoms. The molecule has 0 spiro atoms. The van der Waals surface area contributed by atoms with Crippen molar-refractivity contribution in [1.29, 1.82) is 0 Å². The molecule has 1 heterocycles. The molecule has 1 amide bonds. The number of benzene rings is 1. The van der Waals surface area contributed by atoms with Crippen molar-refractivity contribution in [3.63, 3.8) is 0 Å². The summed E-state index contributed by atoms with van der Waals surface area (Å²) < 4.78 is 0. The Balaban J connectivity index is 2.04. The molecule has 1 aromatic carbocycles. The summed E-state index contributed by atoms with van der Waals surface area (Å²) in [7, 11) is 1.76. The minimum atomic E-state index is -0.0940. The number of hydrogen-bond donors (Lipinski definition) is 1. The molecule has 0 aliphatic carbocycles. The van der Waals surface area contributed by atoms with E-state index in [1.807, 2.05) is 24.3 Å². The van der Waals surface area contributed by atoms with Gasteiger partial charge in [0.25, 0.3) is 5.91 Å². The van der Waals surface area contributed by atoms with Crippen LogP contribution in [0.15, 0.2) is 43.0 Å². The normalized spacial score (nSPS) is 10.2. The summed E-state index contributed by atoms with van der Waals surface area (Å²) >= 11 is 0. The lowest BCUT2D eigenvalue weighted by atomic mass is 10.1. The highest BCUT2D eigenvalue weighted by molar-refractivity contribution is 5.93. The Morgan fingerprint density at radius 2 is 1.74 bits per heavy atom. The van der Waals surface area contributed by atoms with Crippen LogP contribution in [0.4, 0.5) is 0 Å². The number of carbonyl (C=O) groups excluding carboxylic acids is 1. The second-order valence-electron chi connectivity index (χ2n) is 4.31. The number of hydrogen-bond acceptors (Lipinski definition) is 4. The van der Waals surface area contributed by atoms with Gasteiger partial charge in [-0.15, -0.1) is 0 Å². The van der Waals surface area contributed by atoms with Crippen LogP contribution in [0.2, 0.25) is 0 Å². The number of amides is 1. The zero-order valence-corrected chi connectivity index (χ0v) is 10.8. The van der Waals surface area contributed by atoms with Gasteiger partial charge in [-0.25, -0.2) is 9.97 Å². The Kier molecular flexibility index (Phi) is 4.20. The SMILES string of the molecule is CN(Cc1ccc(CN)cc1)C(=O)c1cncnc1. The van der Waals surface area contributed by atoms with Crippen LogP contribution >= 0.6 is 0 Å². The molecule has 1 aromatic heterocycles. The summed E-state index contributed by atoms with van der Waals surface area (Å²) in [5, 5.41) is 0. The van der Waals surface area contributed by atoms with Crippen LogP contribution in [-0.2, 0) is 13.1 Å². The van der Waals surface area contributed by atoms with E-state index in [-0.39, 0.29) is 5.91 Å². The molecular formula is C14H16N4O. The predicted molar refractivity (Wildman–Crippen MR) is 72.2 cm³/mol. The third-order valence-corrected chi connectivity index (χ3v) is 2.83. The van der Waals surface area contributed by atoms with Crippen molar-refractivity contribution in [2.45, 2.75) is 13.1 Å². The van der Waals surface area contributed by atoms with Crippen LogP contribution in [0.5, 0.6) is 0 Å². The van der Waals surface area contributed by atoms with Crippen molar-refractivity contribution in [1.82, 2.24) is 14.9 Å². The predicted octanol–water partition coefficient (Wildman–Crippen LogP) is 1.21. The van der Waals surface area contributed by atoms with Crippen LogP contribution in [0.1, 0.15) is 21.5 Å². The van der Waals surface area contributed by atoms with E-state index in [2.05, 4.69) is 9.97 Å². The lowest BCUT2D eigenvalue weighted by Gasteiger charge is -2.17. The van der Waals surface area contributed by atoms with E-state index in [4.69, 9.17) is 5.73 Å². The Morgan fingerprint density at radius 1 is 1.16 bits per heavy atom. The minimum Gasteiger partial charge on any atom is -0.337 e. The lowest BCUT2D eigenvalue weighted by molar-refractivity contribution is 0.0784. The van der Waals surface area contributed by atoms with E-state index >= 15 is 0 Å². The quantitative estimate of drug-likeness (QED) is 0.892. The maximum Gasteiger partial charge on any atom is 0.257 e. The molecule has 2 N–H and O–H groups in total. The highest BCUT2D eigenvalue weighted by Crippen LogP contribution is 2.08. The average molecular weight is 256 g/mol. The first-order chi connectivity index (χ1) is 9.20. The summed E-state index contributed by atoms with van der Waals surface area (Å²) in [5.74, 6) is -0.0940. The largest absolute Gasteiger partial charge is 0.337 e. The molecule has 19 heavy (non-hydrogen) atoms. The van der Waals surface area contributed by atoms with E-state index in [1.165, 1.54) is 18.7 Å². The number of aromatic nitrogens is 2.